The van der Waals surface area contributed by atoms with Crippen LogP contribution in [0.25, 0.3) is 0 Å². The first kappa shape index (κ1) is 13.3. The van der Waals surface area contributed by atoms with E-state index in [9.17, 15) is 19.4 Å². The molecule has 0 aliphatic carbocycles. The third kappa shape index (κ3) is 2.30. The fraction of sp³-hybridized carbons (Fsp3) is 0.875. The molecule has 1 fully saturated rings. The lowest BCUT2D eigenvalue weighted by Crippen LogP contribution is -2.67. The van der Waals surface area contributed by atoms with E-state index in [1.165, 1.54) is 0 Å². The lowest BCUT2D eigenvalue weighted by Gasteiger charge is -2.42. The zero-order valence-corrected chi connectivity index (χ0v) is 8.54. The lowest BCUT2D eigenvalue weighted by atomic mass is 9.97. The van der Waals surface area contributed by atoms with Gasteiger partial charge >= 0.3 is 12.0 Å². The third-order valence-corrected chi connectivity index (χ3v) is 2.27. The van der Waals surface area contributed by atoms with E-state index in [4.69, 9.17) is 10.8 Å². The highest BCUT2D eigenvalue weighted by Crippen LogP contribution is 2.31. The first-order valence-electron chi connectivity index (χ1n) is 4.60. The number of halogens is 1. The van der Waals surface area contributed by atoms with Gasteiger partial charge in [0.1, 0.15) is 24.4 Å². The molecule has 1 unspecified atom stereocenters. The lowest BCUT2D eigenvalue weighted by molar-refractivity contribution is -0.373. The van der Waals surface area contributed by atoms with Crippen molar-refractivity contribution >= 4 is 5.97 Å². The molecule has 0 aromatic rings. The van der Waals surface area contributed by atoms with Crippen LogP contribution in [0.4, 0.5) is 4.39 Å². The summed E-state index contributed by atoms with van der Waals surface area (Å²) in [6.07, 6.45) is -4.69. The Labute approximate surface area is 90.6 Å². The van der Waals surface area contributed by atoms with E-state index in [0.717, 1.165) is 6.92 Å². The molecule has 0 saturated carbocycles. The van der Waals surface area contributed by atoms with Crippen molar-refractivity contribution in [3.05, 3.63) is 0 Å². The molecule has 1 aliphatic heterocycles. The van der Waals surface area contributed by atoms with Crippen LogP contribution in [0.5, 0.6) is 0 Å². The van der Waals surface area contributed by atoms with Gasteiger partial charge in [-0.3, -0.25) is 4.79 Å². The van der Waals surface area contributed by atoms with Crippen LogP contribution in [0.2, 0.25) is 0 Å². The van der Waals surface area contributed by atoms with Crippen molar-refractivity contribution < 1.29 is 34.0 Å². The molecule has 16 heavy (non-hydrogen) atoms. The predicted molar refractivity (Wildman–Crippen MR) is 47.6 cm³/mol. The smallest absolute Gasteiger partial charge is 0.384 e. The topological polar surface area (TPSA) is 122 Å². The number of esters is 1. The second-order valence-electron chi connectivity index (χ2n) is 3.52. The van der Waals surface area contributed by atoms with Crippen LogP contribution in [0, 0.1) is 0 Å². The Bertz CT molecular complexity index is 275. The third-order valence-electron chi connectivity index (χ3n) is 2.27. The summed E-state index contributed by atoms with van der Waals surface area (Å²) in [6, 6.07) is -4.81. The van der Waals surface area contributed by atoms with E-state index in [1.54, 1.807) is 0 Å². The molecule has 1 rings (SSSR count). The van der Waals surface area contributed by atoms with Crippen LogP contribution in [0.1, 0.15) is 6.92 Å². The van der Waals surface area contributed by atoms with Gasteiger partial charge in [0.2, 0.25) is 0 Å². The van der Waals surface area contributed by atoms with E-state index in [2.05, 4.69) is 9.47 Å². The van der Waals surface area contributed by atoms with Crippen molar-refractivity contribution in [3.63, 3.8) is 0 Å². The van der Waals surface area contributed by atoms with Gasteiger partial charge in [0.25, 0.3) is 0 Å². The average molecular weight is 239 g/mol. The number of nitrogens with two attached hydrogens (primary N) is 1. The van der Waals surface area contributed by atoms with E-state index in [0.29, 0.717) is 0 Å². The second-order valence-corrected chi connectivity index (χ2v) is 3.52. The van der Waals surface area contributed by atoms with E-state index >= 15 is 0 Å². The number of rotatable bonds is 2. The summed E-state index contributed by atoms with van der Waals surface area (Å²) in [5.74, 6) is -1.00. The van der Waals surface area contributed by atoms with Crippen molar-refractivity contribution in [3.8, 4) is 0 Å². The highest BCUT2D eigenvalue weighted by atomic mass is 19.2. The summed E-state index contributed by atoms with van der Waals surface area (Å²) < 4.78 is 22.6. The first-order chi connectivity index (χ1) is 7.31. The van der Waals surface area contributed by atoms with Crippen LogP contribution < -0.4 is 5.73 Å². The Balaban J connectivity index is 2.89. The molecule has 94 valence electrons. The van der Waals surface area contributed by atoms with E-state index < -0.39 is 43.0 Å². The molecule has 0 spiro atoms. The SMILES string of the molecule is CC(=O)OC1(F)O[C@H](CO)[C@H](O)[C@H](O)[C@H]1N. The van der Waals surface area contributed by atoms with Crippen LogP contribution in [-0.4, -0.2) is 58.3 Å². The zero-order chi connectivity index (χ0) is 12.5. The molecule has 0 radical (unpaired) electrons. The minimum absolute atomic E-state index is 0.752. The quantitative estimate of drug-likeness (QED) is 0.396. The maximum atomic E-state index is 13.9. The number of ether oxygens (including phenoxy) is 2. The molecule has 1 heterocycles. The number of alkyl halides is 1. The summed E-state index contributed by atoms with van der Waals surface area (Å²) in [7, 11) is 0. The monoisotopic (exact) mass is 239 g/mol. The number of aliphatic hydroxyl groups excluding tert-OH is 3. The van der Waals surface area contributed by atoms with Crippen molar-refractivity contribution in [2.75, 3.05) is 6.61 Å². The standard InChI is InChI=1S/C8H14FNO6/c1-3(12)15-8(9)7(10)6(14)5(13)4(2-11)16-8/h4-7,11,13-14H,2,10H2,1H3/t4-,5+,6+,7-,8?/m1/s1. The van der Waals surface area contributed by atoms with Gasteiger partial charge in [-0.25, -0.2) is 0 Å². The molecular weight excluding hydrogens is 225 g/mol. The second kappa shape index (κ2) is 4.60. The van der Waals surface area contributed by atoms with Crippen LogP contribution in [-0.2, 0) is 14.3 Å². The number of hydrogen-bond donors (Lipinski definition) is 4. The normalized spacial score (nSPS) is 44.1. The summed E-state index contributed by atoms with van der Waals surface area (Å²) in [6.45, 7) is 0.181. The van der Waals surface area contributed by atoms with Gasteiger partial charge in [0.05, 0.1) is 6.61 Å². The maximum Gasteiger partial charge on any atom is 0.384 e. The Morgan fingerprint density at radius 3 is 2.56 bits per heavy atom. The number of aliphatic hydroxyl groups is 3. The van der Waals surface area contributed by atoms with Gasteiger partial charge in [-0.1, -0.05) is 0 Å². The molecule has 7 nitrogen and oxygen atoms in total. The van der Waals surface area contributed by atoms with Crippen LogP contribution in [0.3, 0.4) is 0 Å². The van der Waals surface area contributed by atoms with Gasteiger partial charge in [-0.15, -0.1) is 0 Å². The summed E-state index contributed by atoms with van der Waals surface area (Å²) in [5, 5.41) is 27.5. The van der Waals surface area contributed by atoms with E-state index in [1.807, 2.05) is 0 Å². The molecule has 0 bridgehead atoms. The van der Waals surface area contributed by atoms with Crippen LogP contribution >= 0.6 is 0 Å². The molecule has 5 atom stereocenters. The number of hydrogen-bond acceptors (Lipinski definition) is 7. The Morgan fingerprint density at radius 2 is 2.12 bits per heavy atom. The minimum Gasteiger partial charge on any atom is -0.403 e. The molecule has 0 aromatic carbocycles. The fourth-order valence-corrected chi connectivity index (χ4v) is 1.42. The highest BCUT2D eigenvalue weighted by molar-refractivity contribution is 5.66. The number of carbonyl (C=O) groups is 1. The van der Waals surface area contributed by atoms with Crippen molar-refractivity contribution in [1.82, 2.24) is 0 Å². The van der Waals surface area contributed by atoms with Gasteiger partial charge in [0, 0.05) is 6.92 Å². The largest absolute Gasteiger partial charge is 0.403 e. The molecule has 0 aromatic heterocycles. The average Bonchev–Trinajstić information content (AvgIpc) is 2.20. The van der Waals surface area contributed by atoms with Gasteiger partial charge in [-0.05, 0) is 0 Å². The Hall–Kier alpha value is -0.800. The molecule has 5 N–H and O–H groups in total. The highest BCUT2D eigenvalue weighted by Gasteiger charge is 2.56. The van der Waals surface area contributed by atoms with E-state index in [-0.39, 0.29) is 0 Å². The molecular formula is C8H14FNO6. The molecule has 1 saturated heterocycles. The van der Waals surface area contributed by atoms with Crippen molar-refractivity contribution in [2.24, 2.45) is 5.73 Å². The van der Waals surface area contributed by atoms with Gasteiger partial charge in [0.15, 0.2) is 0 Å². The van der Waals surface area contributed by atoms with Crippen molar-refractivity contribution in [1.29, 1.82) is 0 Å². The van der Waals surface area contributed by atoms with Gasteiger partial charge < -0.3 is 30.5 Å². The molecule has 8 heteroatoms. The minimum atomic E-state index is -3.06. The summed E-state index contributed by atoms with van der Waals surface area (Å²) >= 11 is 0. The van der Waals surface area contributed by atoms with Crippen molar-refractivity contribution in [2.45, 2.75) is 37.3 Å². The maximum absolute atomic E-state index is 13.9. The summed E-state index contributed by atoms with van der Waals surface area (Å²) in [5.41, 5.74) is 5.24. The fourth-order valence-electron chi connectivity index (χ4n) is 1.42. The number of carbonyl (C=O) groups excluding carboxylic acids is 1. The Morgan fingerprint density at radius 1 is 1.56 bits per heavy atom. The molecule has 1 aliphatic rings. The summed E-state index contributed by atoms with van der Waals surface area (Å²) in [4.78, 5) is 10.6. The Kier molecular flexibility index (Phi) is 3.81. The zero-order valence-electron chi connectivity index (χ0n) is 8.54. The van der Waals surface area contributed by atoms with Crippen LogP contribution in [0.15, 0.2) is 0 Å². The van der Waals surface area contributed by atoms with Gasteiger partial charge in [-0.2, -0.15) is 4.39 Å². The predicted octanol–water partition coefficient (Wildman–Crippen LogP) is -2.39. The first-order valence-corrected chi connectivity index (χ1v) is 4.60. The molecule has 0 amide bonds.